The van der Waals surface area contributed by atoms with E-state index in [1.807, 2.05) is 24.3 Å². The van der Waals surface area contributed by atoms with Gasteiger partial charge in [0.15, 0.2) is 0 Å². The molecular formula is C13H14O. The number of rotatable bonds is 0. The predicted molar refractivity (Wildman–Crippen MR) is 59.9 cm³/mol. The minimum absolute atomic E-state index is 0.402. The number of aliphatic hydroxyl groups excluding tert-OH is 1. The van der Waals surface area contributed by atoms with Crippen molar-refractivity contribution in [2.75, 3.05) is 0 Å². The van der Waals surface area contributed by atoms with Crippen molar-refractivity contribution >= 4 is 12.2 Å². The molecule has 1 heteroatoms. The zero-order valence-corrected chi connectivity index (χ0v) is 8.27. The molecule has 0 radical (unpaired) electrons. The Labute approximate surface area is 84.4 Å². The van der Waals surface area contributed by atoms with Crippen LogP contribution in [0, 0.1) is 5.92 Å². The number of fused-ring (bicyclic) bond motifs is 1. The molecule has 1 atom stereocenters. The maximum absolute atomic E-state index is 9.66. The van der Waals surface area contributed by atoms with Crippen molar-refractivity contribution < 1.29 is 5.11 Å². The SMILES string of the molecule is CC1/C=C\c2ccccc2C=C(O)C1. The Hall–Kier alpha value is -1.50. The fourth-order valence-corrected chi connectivity index (χ4v) is 1.70. The number of hydrogen-bond donors (Lipinski definition) is 1. The van der Waals surface area contributed by atoms with Gasteiger partial charge in [0.1, 0.15) is 0 Å². The molecule has 0 fully saturated rings. The topological polar surface area (TPSA) is 20.2 Å². The molecule has 0 aromatic heterocycles. The van der Waals surface area contributed by atoms with Crippen LogP contribution in [-0.4, -0.2) is 5.11 Å². The van der Waals surface area contributed by atoms with Gasteiger partial charge in [0, 0.05) is 6.42 Å². The molecule has 0 heterocycles. The second-order valence-electron chi connectivity index (χ2n) is 3.81. The molecule has 0 saturated carbocycles. The molecule has 1 aromatic rings. The summed E-state index contributed by atoms with van der Waals surface area (Å²) >= 11 is 0. The summed E-state index contributed by atoms with van der Waals surface area (Å²) in [6, 6.07) is 8.08. The Morgan fingerprint density at radius 3 is 2.71 bits per heavy atom. The van der Waals surface area contributed by atoms with Gasteiger partial charge in [0.2, 0.25) is 0 Å². The van der Waals surface area contributed by atoms with Crippen LogP contribution < -0.4 is 0 Å². The van der Waals surface area contributed by atoms with Gasteiger partial charge in [-0.25, -0.2) is 0 Å². The van der Waals surface area contributed by atoms with Crippen molar-refractivity contribution in [3.05, 3.63) is 47.2 Å². The van der Waals surface area contributed by atoms with Crippen LogP contribution in [0.3, 0.4) is 0 Å². The van der Waals surface area contributed by atoms with Gasteiger partial charge in [-0.3, -0.25) is 0 Å². The monoisotopic (exact) mass is 186 g/mol. The first-order valence-corrected chi connectivity index (χ1v) is 4.92. The number of hydrogen-bond acceptors (Lipinski definition) is 1. The first-order valence-electron chi connectivity index (χ1n) is 4.92. The minimum atomic E-state index is 0.402. The lowest BCUT2D eigenvalue weighted by atomic mass is 9.97. The zero-order chi connectivity index (χ0) is 9.97. The van der Waals surface area contributed by atoms with E-state index < -0.39 is 0 Å². The fourth-order valence-electron chi connectivity index (χ4n) is 1.70. The normalized spacial score (nSPS) is 22.9. The predicted octanol–water partition coefficient (Wildman–Crippen LogP) is 3.64. The van der Waals surface area contributed by atoms with Gasteiger partial charge in [0.25, 0.3) is 0 Å². The Balaban J connectivity index is 2.49. The van der Waals surface area contributed by atoms with E-state index in [1.165, 1.54) is 5.56 Å². The second kappa shape index (κ2) is 3.70. The molecule has 0 aliphatic heterocycles. The third-order valence-electron chi connectivity index (χ3n) is 2.45. The van der Waals surface area contributed by atoms with Crippen LogP contribution in [0.4, 0.5) is 0 Å². The summed E-state index contributed by atoms with van der Waals surface area (Å²) in [5.74, 6) is 0.869. The van der Waals surface area contributed by atoms with E-state index in [-0.39, 0.29) is 0 Å². The molecular weight excluding hydrogens is 172 g/mol. The Morgan fingerprint density at radius 2 is 1.93 bits per heavy atom. The first kappa shape index (κ1) is 9.07. The van der Waals surface area contributed by atoms with Crippen LogP contribution in [-0.2, 0) is 0 Å². The average Bonchev–Trinajstić information content (AvgIpc) is 2.14. The van der Waals surface area contributed by atoms with Crippen molar-refractivity contribution in [2.24, 2.45) is 5.92 Å². The molecule has 1 aliphatic rings. The molecule has 0 saturated heterocycles. The number of benzene rings is 1. The third kappa shape index (κ3) is 1.87. The zero-order valence-electron chi connectivity index (χ0n) is 8.27. The molecule has 1 N–H and O–H groups in total. The van der Waals surface area contributed by atoms with Crippen LogP contribution in [0.5, 0.6) is 0 Å². The second-order valence-corrected chi connectivity index (χ2v) is 3.81. The summed E-state index contributed by atoms with van der Waals surface area (Å²) in [5, 5.41) is 9.66. The summed E-state index contributed by atoms with van der Waals surface area (Å²) in [6.45, 7) is 2.11. The van der Waals surface area contributed by atoms with Crippen LogP contribution in [0.15, 0.2) is 36.1 Å². The van der Waals surface area contributed by atoms with Gasteiger partial charge in [0.05, 0.1) is 5.76 Å². The Kier molecular flexibility index (Phi) is 2.40. The van der Waals surface area contributed by atoms with Gasteiger partial charge in [-0.1, -0.05) is 43.3 Å². The van der Waals surface area contributed by atoms with E-state index in [2.05, 4.69) is 25.1 Å². The van der Waals surface area contributed by atoms with Gasteiger partial charge >= 0.3 is 0 Å². The fraction of sp³-hybridized carbons (Fsp3) is 0.231. The van der Waals surface area contributed by atoms with Crippen molar-refractivity contribution in [2.45, 2.75) is 13.3 Å². The maximum Gasteiger partial charge on any atom is 0.0934 e. The van der Waals surface area contributed by atoms with E-state index >= 15 is 0 Å². The number of allylic oxidation sites excluding steroid dienone is 2. The quantitative estimate of drug-likeness (QED) is 0.655. The molecule has 1 unspecified atom stereocenters. The van der Waals surface area contributed by atoms with E-state index in [4.69, 9.17) is 0 Å². The Bertz CT molecular complexity index is 388. The van der Waals surface area contributed by atoms with Crippen LogP contribution >= 0.6 is 0 Å². The minimum Gasteiger partial charge on any atom is -0.512 e. The van der Waals surface area contributed by atoms with Gasteiger partial charge in [-0.05, 0) is 23.1 Å². The molecule has 0 spiro atoms. The smallest absolute Gasteiger partial charge is 0.0934 e. The summed E-state index contributed by atoms with van der Waals surface area (Å²) in [7, 11) is 0. The van der Waals surface area contributed by atoms with Gasteiger partial charge < -0.3 is 5.11 Å². The molecule has 1 aromatic carbocycles. The van der Waals surface area contributed by atoms with Crippen molar-refractivity contribution in [1.82, 2.24) is 0 Å². The molecule has 2 rings (SSSR count). The molecule has 14 heavy (non-hydrogen) atoms. The van der Waals surface area contributed by atoms with Gasteiger partial charge in [-0.15, -0.1) is 0 Å². The molecule has 1 nitrogen and oxygen atoms in total. The standard InChI is InChI=1S/C13H14O/c1-10-6-7-11-4-2-3-5-12(11)9-13(14)8-10/h2-7,9-10,14H,8H2,1H3/b7-6-,13-9?. The van der Waals surface area contributed by atoms with Crippen LogP contribution in [0.2, 0.25) is 0 Å². The highest BCUT2D eigenvalue weighted by atomic mass is 16.3. The number of aliphatic hydroxyl groups is 1. The summed E-state index contributed by atoms with van der Waals surface area (Å²) in [5.41, 5.74) is 2.26. The molecule has 1 aliphatic carbocycles. The third-order valence-corrected chi connectivity index (χ3v) is 2.45. The Morgan fingerprint density at radius 1 is 1.21 bits per heavy atom. The summed E-state index contributed by atoms with van der Waals surface area (Å²) in [4.78, 5) is 0. The molecule has 72 valence electrons. The van der Waals surface area contributed by atoms with Crippen LogP contribution in [0.25, 0.3) is 12.2 Å². The lowest BCUT2D eigenvalue weighted by molar-refractivity contribution is 0.378. The van der Waals surface area contributed by atoms with Crippen LogP contribution in [0.1, 0.15) is 24.5 Å². The molecule has 0 bridgehead atoms. The lowest BCUT2D eigenvalue weighted by Crippen LogP contribution is -1.96. The highest BCUT2D eigenvalue weighted by Crippen LogP contribution is 2.22. The van der Waals surface area contributed by atoms with Crippen molar-refractivity contribution in [1.29, 1.82) is 0 Å². The largest absolute Gasteiger partial charge is 0.512 e. The molecule has 0 amide bonds. The highest BCUT2D eigenvalue weighted by Gasteiger charge is 2.06. The summed E-state index contributed by atoms with van der Waals surface area (Å²) in [6.07, 6.45) is 6.85. The summed E-state index contributed by atoms with van der Waals surface area (Å²) < 4.78 is 0. The van der Waals surface area contributed by atoms with E-state index in [0.717, 1.165) is 12.0 Å². The van der Waals surface area contributed by atoms with E-state index in [0.29, 0.717) is 11.7 Å². The van der Waals surface area contributed by atoms with E-state index in [1.54, 1.807) is 0 Å². The van der Waals surface area contributed by atoms with E-state index in [9.17, 15) is 5.11 Å². The highest BCUT2D eigenvalue weighted by molar-refractivity contribution is 5.66. The van der Waals surface area contributed by atoms with Gasteiger partial charge in [-0.2, -0.15) is 0 Å². The van der Waals surface area contributed by atoms with Crippen molar-refractivity contribution in [3.63, 3.8) is 0 Å². The average molecular weight is 186 g/mol. The first-order chi connectivity index (χ1) is 6.75. The van der Waals surface area contributed by atoms with Crippen molar-refractivity contribution in [3.8, 4) is 0 Å². The maximum atomic E-state index is 9.66. The lowest BCUT2D eigenvalue weighted by Gasteiger charge is -2.10.